The smallest absolute Gasteiger partial charge is 0.455 e. The SMILES string of the molecule is Nc1cccc(C(F)C(F)(F)C(F)(F)F)c1Oc1ccccc1. The minimum absolute atomic E-state index is 0.120. The standard InChI is InChI=1S/C15H11F6NO/c16-13(14(17,18)15(19,20)21)10-7-4-8-11(22)12(10)23-9-5-2-1-3-6-9/h1-8,13H,22H2. The van der Waals surface area contributed by atoms with Crippen LogP contribution >= 0.6 is 0 Å². The van der Waals surface area contributed by atoms with Gasteiger partial charge in [-0.1, -0.05) is 30.3 Å². The van der Waals surface area contributed by atoms with Crippen molar-refractivity contribution in [3.63, 3.8) is 0 Å². The summed E-state index contributed by atoms with van der Waals surface area (Å²) in [4.78, 5) is 0. The van der Waals surface area contributed by atoms with Crippen molar-refractivity contribution >= 4 is 5.69 Å². The summed E-state index contributed by atoms with van der Waals surface area (Å²) in [6.45, 7) is 0. The van der Waals surface area contributed by atoms with Gasteiger partial charge in [0.25, 0.3) is 0 Å². The number of ether oxygens (including phenoxy) is 1. The summed E-state index contributed by atoms with van der Waals surface area (Å²) in [5.41, 5.74) is 4.31. The minimum Gasteiger partial charge on any atom is -0.455 e. The number of anilines is 1. The zero-order valence-corrected chi connectivity index (χ0v) is 11.4. The molecule has 0 spiro atoms. The Bertz CT molecular complexity index is 671. The predicted molar refractivity (Wildman–Crippen MR) is 72.2 cm³/mol. The normalized spacial score (nSPS) is 13.7. The number of alkyl halides is 6. The van der Waals surface area contributed by atoms with Gasteiger partial charge in [-0.25, -0.2) is 4.39 Å². The van der Waals surface area contributed by atoms with Crippen molar-refractivity contribution in [1.29, 1.82) is 0 Å². The monoisotopic (exact) mass is 335 g/mol. The van der Waals surface area contributed by atoms with Crippen molar-refractivity contribution < 1.29 is 31.1 Å². The molecule has 2 aromatic rings. The van der Waals surface area contributed by atoms with Gasteiger partial charge in [0.2, 0.25) is 6.17 Å². The highest BCUT2D eigenvalue weighted by Gasteiger charge is 2.64. The number of hydrogen-bond donors (Lipinski definition) is 1. The molecule has 2 rings (SSSR count). The lowest BCUT2D eigenvalue weighted by molar-refractivity contribution is -0.305. The van der Waals surface area contributed by atoms with Gasteiger partial charge in [-0.3, -0.25) is 0 Å². The molecule has 0 amide bonds. The molecule has 0 aliphatic carbocycles. The number of hydrogen-bond acceptors (Lipinski definition) is 2. The third kappa shape index (κ3) is 3.35. The third-order valence-electron chi connectivity index (χ3n) is 3.01. The predicted octanol–water partition coefficient (Wildman–Crippen LogP) is 5.27. The molecule has 1 unspecified atom stereocenters. The molecule has 1 atom stereocenters. The molecule has 0 radical (unpaired) electrons. The summed E-state index contributed by atoms with van der Waals surface area (Å²) >= 11 is 0. The Labute approximate surface area is 127 Å². The molecule has 0 heterocycles. The molecule has 0 fully saturated rings. The molecule has 23 heavy (non-hydrogen) atoms. The van der Waals surface area contributed by atoms with Gasteiger partial charge >= 0.3 is 12.1 Å². The van der Waals surface area contributed by atoms with Crippen molar-refractivity contribution in [2.75, 3.05) is 5.73 Å². The summed E-state index contributed by atoms with van der Waals surface area (Å²) in [6.07, 6.45) is -9.69. The van der Waals surface area contributed by atoms with Gasteiger partial charge in [-0.15, -0.1) is 0 Å². The van der Waals surface area contributed by atoms with Crippen LogP contribution in [0.5, 0.6) is 11.5 Å². The molecule has 2 N–H and O–H groups in total. The van der Waals surface area contributed by atoms with Gasteiger partial charge in [-0.05, 0) is 18.2 Å². The Kier molecular flexibility index (Phi) is 4.44. The van der Waals surface area contributed by atoms with E-state index in [4.69, 9.17) is 10.5 Å². The zero-order chi connectivity index (χ0) is 17.3. The van der Waals surface area contributed by atoms with Crippen LogP contribution in [0, 0.1) is 0 Å². The first-order valence-electron chi connectivity index (χ1n) is 6.34. The van der Waals surface area contributed by atoms with E-state index in [0.717, 1.165) is 12.1 Å². The number of para-hydroxylation sites is 2. The van der Waals surface area contributed by atoms with E-state index in [2.05, 4.69) is 0 Å². The molecular weight excluding hydrogens is 324 g/mol. The molecule has 0 saturated heterocycles. The van der Waals surface area contributed by atoms with Crippen molar-refractivity contribution in [3.8, 4) is 11.5 Å². The maximum Gasteiger partial charge on any atom is 0.456 e. The van der Waals surface area contributed by atoms with Crippen LogP contribution in [0.4, 0.5) is 32.0 Å². The fraction of sp³-hybridized carbons (Fsp3) is 0.200. The molecule has 0 aliphatic rings. The van der Waals surface area contributed by atoms with Crippen LogP contribution in [-0.2, 0) is 0 Å². The highest BCUT2D eigenvalue weighted by Crippen LogP contribution is 2.49. The average molecular weight is 335 g/mol. The van der Waals surface area contributed by atoms with E-state index in [1.165, 1.54) is 18.2 Å². The molecule has 0 aromatic heterocycles. The number of benzene rings is 2. The second kappa shape index (κ2) is 6.02. The van der Waals surface area contributed by atoms with Crippen LogP contribution in [0.1, 0.15) is 11.7 Å². The number of halogens is 6. The Morgan fingerprint density at radius 1 is 0.870 bits per heavy atom. The van der Waals surface area contributed by atoms with E-state index in [9.17, 15) is 26.3 Å². The second-order valence-electron chi connectivity index (χ2n) is 4.66. The summed E-state index contributed by atoms with van der Waals surface area (Å²) < 4.78 is 82.8. The van der Waals surface area contributed by atoms with E-state index in [-0.39, 0.29) is 11.4 Å². The van der Waals surface area contributed by atoms with Crippen LogP contribution in [0.25, 0.3) is 0 Å². The zero-order valence-electron chi connectivity index (χ0n) is 11.4. The Balaban J connectivity index is 2.46. The number of rotatable bonds is 4. The molecule has 124 valence electrons. The Morgan fingerprint density at radius 2 is 1.48 bits per heavy atom. The Morgan fingerprint density at radius 3 is 2.04 bits per heavy atom. The summed E-state index contributed by atoms with van der Waals surface area (Å²) in [5.74, 6) is -6.03. The van der Waals surface area contributed by atoms with Gasteiger partial charge in [0.1, 0.15) is 5.75 Å². The number of nitrogens with two attached hydrogens (primary N) is 1. The molecule has 2 aromatic carbocycles. The van der Waals surface area contributed by atoms with Gasteiger partial charge < -0.3 is 10.5 Å². The lowest BCUT2D eigenvalue weighted by Gasteiger charge is -2.25. The van der Waals surface area contributed by atoms with Crippen molar-refractivity contribution in [2.45, 2.75) is 18.3 Å². The number of nitrogen functional groups attached to an aromatic ring is 1. The van der Waals surface area contributed by atoms with Crippen LogP contribution in [-0.4, -0.2) is 12.1 Å². The average Bonchev–Trinajstić information content (AvgIpc) is 2.48. The molecular formula is C15H11F6NO. The van der Waals surface area contributed by atoms with Crippen molar-refractivity contribution in [3.05, 3.63) is 54.1 Å². The minimum atomic E-state index is -6.04. The lowest BCUT2D eigenvalue weighted by Crippen LogP contribution is -2.40. The summed E-state index contributed by atoms with van der Waals surface area (Å²) in [7, 11) is 0. The van der Waals surface area contributed by atoms with Crippen LogP contribution < -0.4 is 10.5 Å². The first-order chi connectivity index (χ1) is 10.6. The first kappa shape index (κ1) is 17.0. The molecule has 8 heteroatoms. The quantitative estimate of drug-likeness (QED) is 0.610. The summed E-state index contributed by atoms with van der Waals surface area (Å²) in [6, 6.07) is 10.6. The maximum absolute atomic E-state index is 13.9. The van der Waals surface area contributed by atoms with Crippen molar-refractivity contribution in [1.82, 2.24) is 0 Å². The first-order valence-corrected chi connectivity index (χ1v) is 6.34. The van der Waals surface area contributed by atoms with E-state index in [1.54, 1.807) is 18.2 Å². The highest BCUT2D eigenvalue weighted by molar-refractivity contribution is 5.59. The van der Waals surface area contributed by atoms with E-state index in [1.807, 2.05) is 0 Å². The van der Waals surface area contributed by atoms with Crippen LogP contribution in [0.2, 0.25) is 0 Å². The lowest BCUT2D eigenvalue weighted by atomic mass is 10.0. The van der Waals surface area contributed by atoms with E-state index in [0.29, 0.717) is 0 Å². The molecule has 0 saturated carbocycles. The third-order valence-corrected chi connectivity index (χ3v) is 3.01. The Hall–Kier alpha value is -2.38. The van der Waals surface area contributed by atoms with Crippen molar-refractivity contribution in [2.24, 2.45) is 0 Å². The summed E-state index contributed by atoms with van der Waals surface area (Å²) in [5, 5.41) is 0. The van der Waals surface area contributed by atoms with Crippen LogP contribution in [0.3, 0.4) is 0 Å². The molecule has 2 nitrogen and oxygen atoms in total. The molecule has 0 aliphatic heterocycles. The molecule has 0 bridgehead atoms. The fourth-order valence-electron chi connectivity index (χ4n) is 1.84. The van der Waals surface area contributed by atoms with Gasteiger partial charge in [-0.2, -0.15) is 22.0 Å². The largest absolute Gasteiger partial charge is 0.456 e. The van der Waals surface area contributed by atoms with Crippen LogP contribution in [0.15, 0.2) is 48.5 Å². The van der Waals surface area contributed by atoms with E-state index < -0.39 is 29.6 Å². The van der Waals surface area contributed by atoms with Gasteiger partial charge in [0, 0.05) is 5.56 Å². The van der Waals surface area contributed by atoms with Gasteiger partial charge in [0.15, 0.2) is 5.75 Å². The van der Waals surface area contributed by atoms with Gasteiger partial charge in [0.05, 0.1) is 5.69 Å². The topological polar surface area (TPSA) is 35.2 Å². The van der Waals surface area contributed by atoms with E-state index >= 15 is 0 Å². The fourth-order valence-corrected chi connectivity index (χ4v) is 1.84. The second-order valence-corrected chi connectivity index (χ2v) is 4.66. The highest BCUT2D eigenvalue weighted by atomic mass is 19.4. The maximum atomic E-state index is 13.9.